The Morgan fingerprint density at radius 1 is 0.311 bits per heavy atom. The van der Waals surface area contributed by atoms with E-state index in [4.69, 9.17) is 0 Å². The molecule has 0 bridgehead atoms. The van der Waals surface area contributed by atoms with E-state index < -0.39 is 5.41 Å². The Kier molecular flexibility index (Phi) is 9.27. The molecule has 0 amide bonds. The molecule has 0 atom stereocenters. The molecule has 11 aromatic rings. The van der Waals surface area contributed by atoms with E-state index >= 15 is 0 Å². The topological polar surface area (TPSA) is 6.48 Å². The van der Waals surface area contributed by atoms with E-state index in [1.165, 1.54) is 123 Å². The molecule has 0 saturated heterocycles. The maximum Gasteiger partial charge on any atom is 0.252 e. The van der Waals surface area contributed by atoms with Crippen molar-refractivity contribution in [1.82, 2.24) is 0 Å². The summed E-state index contributed by atoms with van der Waals surface area (Å²) in [5.41, 5.74) is 29.5. The van der Waals surface area contributed by atoms with Gasteiger partial charge in [0.15, 0.2) is 0 Å². The molecular formula is C71H51BN2. The van der Waals surface area contributed by atoms with Gasteiger partial charge >= 0.3 is 0 Å². The molecule has 0 fully saturated rings. The fourth-order valence-electron chi connectivity index (χ4n) is 13.3. The summed E-state index contributed by atoms with van der Waals surface area (Å²) < 4.78 is 0. The molecule has 2 aliphatic heterocycles. The first-order valence-electron chi connectivity index (χ1n) is 26.1. The van der Waals surface area contributed by atoms with Gasteiger partial charge in [0.05, 0.1) is 5.41 Å². The second-order valence-electron chi connectivity index (χ2n) is 21.6. The van der Waals surface area contributed by atoms with Gasteiger partial charge in [-0.25, -0.2) is 0 Å². The second kappa shape index (κ2) is 16.0. The van der Waals surface area contributed by atoms with Gasteiger partial charge in [0, 0.05) is 34.1 Å². The fourth-order valence-corrected chi connectivity index (χ4v) is 13.3. The summed E-state index contributed by atoms with van der Waals surface area (Å²) in [6.45, 7) is 7.05. The molecule has 0 radical (unpaired) electrons. The maximum absolute atomic E-state index is 2.62. The smallest absolute Gasteiger partial charge is 0.252 e. The Morgan fingerprint density at radius 3 is 1.20 bits per heavy atom. The van der Waals surface area contributed by atoms with Gasteiger partial charge in [0.2, 0.25) is 0 Å². The first-order chi connectivity index (χ1) is 36.3. The predicted octanol–water partition coefficient (Wildman–Crippen LogP) is 16.4. The predicted molar refractivity (Wildman–Crippen MR) is 312 cm³/mol. The van der Waals surface area contributed by atoms with Gasteiger partial charge in [-0.15, -0.1) is 0 Å². The van der Waals surface area contributed by atoms with E-state index in [1.807, 2.05) is 0 Å². The van der Waals surface area contributed by atoms with E-state index in [1.54, 1.807) is 0 Å². The molecule has 0 aromatic heterocycles. The van der Waals surface area contributed by atoms with Crippen molar-refractivity contribution in [3.05, 3.63) is 283 Å². The zero-order valence-corrected chi connectivity index (χ0v) is 41.7. The molecule has 74 heavy (non-hydrogen) atoms. The second-order valence-corrected chi connectivity index (χ2v) is 21.6. The number of benzene rings is 11. The van der Waals surface area contributed by atoms with E-state index in [2.05, 4.69) is 285 Å². The number of rotatable bonds is 5. The van der Waals surface area contributed by atoms with Crippen LogP contribution in [0.25, 0.3) is 55.6 Å². The number of hydrogen-bond donors (Lipinski definition) is 0. The molecule has 0 saturated carbocycles. The first-order valence-corrected chi connectivity index (χ1v) is 26.1. The van der Waals surface area contributed by atoms with E-state index in [-0.39, 0.29) is 12.1 Å². The van der Waals surface area contributed by atoms with Crippen molar-refractivity contribution in [3.63, 3.8) is 0 Å². The molecule has 0 unspecified atom stereocenters. The number of hydrogen-bond acceptors (Lipinski definition) is 2. The Hall–Kier alpha value is -8.92. The van der Waals surface area contributed by atoms with Gasteiger partial charge in [0.25, 0.3) is 6.71 Å². The molecule has 348 valence electrons. The largest absolute Gasteiger partial charge is 0.311 e. The average Bonchev–Trinajstić information content (AvgIpc) is 3.93. The van der Waals surface area contributed by atoms with Crippen LogP contribution in [0.15, 0.2) is 255 Å². The van der Waals surface area contributed by atoms with Gasteiger partial charge < -0.3 is 9.80 Å². The van der Waals surface area contributed by atoms with E-state index in [0.717, 1.165) is 11.4 Å². The Bertz CT molecular complexity index is 4030. The van der Waals surface area contributed by atoms with Gasteiger partial charge in [-0.05, 0) is 154 Å². The van der Waals surface area contributed by atoms with Crippen molar-refractivity contribution in [3.8, 4) is 55.6 Å². The molecule has 3 heteroatoms. The molecule has 4 aliphatic rings. The van der Waals surface area contributed by atoms with Crippen molar-refractivity contribution in [2.45, 2.75) is 31.6 Å². The third kappa shape index (κ3) is 6.14. The van der Waals surface area contributed by atoms with Gasteiger partial charge in [0.1, 0.15) is 0 Å². The highest BCUT2D eigenvalue weighted by molar-refractivity contribution is 7.00. The summed E-state index contributed by atoms with van der Waals surface area (Å²) in [7, 11) is 0. The lowest BCUT2D eigenvalue weighted by atomic mass is 9.33. The minimum atomic E-state index is -0.425. The van der Waals surface area contributed by atoms with Crippen molar-refractivity contribution < 1.29 is 0 Å². The molecular weight excluding hydrogens is 892 g/mol. The summed E-state index contributed by atoms with van der Waals surface area (Å²) in [5, 5.41) is 0. The average molecular weight is 943 g/mol. The lowest BCUT2D eigenvalue weighted by Gasteiger charge is -2.45. The molecule has 2 nitrogen and oxygen atoms in total. The SMILES string of the molecule is CC(C)(C)c1cc2c3c(c1)N(c1ccc4c(c1)-c1ccccc1C41c4ccccc4-c4ccccc41)c1cc(-c4ccccc4)ccc1B3c1ccc(-c3ccccc3)cc1N2c1cccc(-c2ccccc2)c1. The Labute approximate surface area is 434 Å². The highest BCUT2D eigenvalue weighted by Crippen LogP contribution is 2.63. The molecule has 11 aromatic carbocycles. The monoisotopic (exact) mass is 942 g/mol. The lowest BCUT2D eigenvalue weighted by molar-refractivity contribution is 0.590. The summed E-state index contributed by atoms with van der Waals surface area (Å²) >= 11 is 0. The van der Waals surface area contributed by atoms with Crippen molar-refractivity contribution >= 4 is 57.2 Å². The highest BCUT2D eigenvalue weighted by atomic mass is 15.2. The maximum atomic E-state index is 2.62. The van der Waals surface area contributed by atoms with Gasteiger partial charge in [-0.3, -0.25) is 0 Å². The zero-order chi connectivity index (χ0) is 49.3. The number of anilines is 6. The third-order valence-corrected chi connectivity index (χ3v) is 16.6. The molecule has 2 aliphatic carbocycles. The van der Waals surface area contributed by atoms with Crippen LogP contribution in [-0.2, 0) is 10.8 Å². The standard InChI is InChI=1S/C71H51BN2/c1-70(2,3)52-43-67-69-68(44-52)74(54-36-37-62-58(45-54)57-30-15-18-33-61(57)71(62)59-31-16-13-28-55(59)56-29-14-17-32-60(56)71)66-42-51(48-24-11-6-12-25-48)35-39-64(66)72(69)63-38-34-50(47-22-9-5-10-23-47)41-65(63)73(67)53-27-19-26-49(40-53)46-20-7-4-8-21-46/h4-45H,1-3H3. The lowest BCUT2D eigenvalue weighted by Crippen LogP contribution is -2.61. The highest BCUT2D eigenvalue weighted by Gasteiger charge is 2.52. The van der Waals surface area contributed by atoms with Crippen LogP contribution < -0.4 is 26.2 Å². The van der Waals surface area contributed by atoms with Crippen LogP contribution in [0.4, 0.5) is 34.1 Å². The van der Waals surface area contributed by atoms with Crippen LogP contribution in [0.5, 0.6) is 0 Å². The van der Waals surface area contributed by atoms with Gasteiger partial charge in [-0.2, -0.15) is 0 Å². The van der Waals surface area contributed by atoms with Crippen molar-refractivity contribution in [2.24, 2.45) is 0 Å². The summed E-state index contributed by atoms with van der Waals surface area (Å²) in [6.07, 6.45) is 0. The molecule has 0 N–H and O–H groups in total. The third-order valence-electron chi connectivity index (χ3n) is 16.6. The van der Waals surface area contributed by atoms with Crippen molar-refractivity contribution in [1.29, 1.82) is 0 Å². The van der Waals surface area contributed by atoms with E-state index in [9.17, 15) is 0 Å². The van der Waals surface area contributed by atoms with Crippen LogP contribution in [0.2, 0.25) is 0 Å². The first kappa shape index (κ1) is 42.7. The van der Waals surface area contributed by atoms with Crippen molar-refractivity contribution in [2.75, 3.05) is 9.80 Å². The van der Waals surface area contributed by atoms with Gasteiger partial charge in [-0.1, -0.05) is 227 Å². The normalized spacial score (nSPS) is 13.9. The summed E-state index contributed by atoms with van der Waals surface area (Å²) in [5.74, 6) is 0. The Balaban J connectivity index is 1.02. The summed E-state index contributed by atoms with van der Waals surface area (Å²) in [6, 6.07) is 96.0. The minimum Gasteiger partial charge on any atom is -0.311 e. The van der Waals surface area contributed by atoms with Crippen LogP contribution >= 0.6 is 0 Å². The zero-order valence-electron chi connectivity index (χ0n) is 41.7. The van der Waals surface area contributed by atoms with Crippen LogP contribution in [0.3, 0.4) is 0 Å². The van der Waals surface area contributed by atoms with E-state index in [0.29, 0.717) is 0 Å². The minimum absolute atomic E-state index is 0.0385. The molecule has 1 spiro atoms. The Morgan fingerprint density at radius 2 is 0.716 bits per heavy atom. The van der Waals surface area contributed by atoms with Crippen LogP contribution in [-0.4, -0.2) is 6.71 Å². The fraction of sp³-hybridized carbons (Fsp3) is 0.0704. The number of fused-ring (bicyclic) bond motifs is 14. The van der Waals surface area contributed by atoms with Crippen LogP contribution in [0.1, 0.15) is 48.6 Å². The number of nitrogens with zero attached hydrogens (tertiary/aromatic N) is 2. The summed E-state index contributed by atoms with van der Waals surface area (Å²) in [4.78, 5) is 5.21. The van der Waals surface area contributed by atoms with Crippen LogP contribution in [0, 0.1) is 0 Å². The molecule has 15 rings (SSSR count). The quantitative estimate of drug-likeness (QED) is 0.159. The molecule has 2 heterocycles.